The van der Waals surface area contributed by atoms with Crippen molar-refractivity contribution >= 4 is 11.9 Å². The molecule has 0 unspecified atom stereocenters. The van der Waals surface area contributed by atoms with E-state index in [1.165, 1.54) is 5.06 Å². The van der Waals surface area contributed by atoms with E-state index in [2.05, 4.69) is 5.32 Å². The summed E-state index contributed by atoms with van der Waals surface area (Å²) in [5, 5.41) is 4.40. The summed E-state index contributed by atoms with van der Waals surface area (Å²) in [6.07, 6.45) is 1.78. The molecule has 0 bridgehead atoms. The van der Waals surface area contributed by atoms with Crippen LogP contribution in [0.25, 0.3) is 0 Å². The third kappa shape index (κ3) is 3.70. The smallest absolute Gasteiger partial charge is 0.317 e. The van der Waals surface area contributed by atoms with Crippen LogP contribution in [0.1, 0.15) is 38.7 Å². The molecule has 1 N–H and O–H groups in total. The maximum atomic E-state index is 12.3. The Bertz CT molecular complexity index is 595. The fraction of sp³-hybridized carbons (Fsp3) is 0.556. The molecule has 0 atom stereocenters. The molecule has 1 aromatic carbocycles. The molecule has 24 heavy (non-hydrogen) atoms. The molecule has 2 heterocycles. The summed E-state index contributed by atoms with van der Waals surface area (Å²) < 4.78 is 0. The number of hydroxylamine groups is 2. The number of nitrogens with one attached hydrogen (secondary N) is 1. The minimum atomic E-state index is -0.444. The number of amides is 3. The van der Waals surface area contributed by atoms with Gasteiger partial charge in [-0.1, -0.05) is 30.3 Å². The van der Waals surface area contributed by atoms with E-state index in [1.54, 1.807) is 4.90 Å². The summed E-state index contributed by atoms with van der Waals surface area (Å²) in [6.45, 7) is 5.60. The maximum Gasteiger partial charge on any atom is 0.317 e. The number of hydrogen-bond donors (Lipinski definition) is 1. The monoisotopic (exact) mass is 331 g/mol. The highest BCUT2D eigenvalue weighted by atomic mass is 16.7. The second-order valence-corrected chi connectivity index (χ2v) is 6.96. The van der Waals surface area contributed by atoms with Crippen LogP contribution in [0.3, 0.4) is 0 Å². The van der Waals surface area contributed by atoms with Crippen LogP contribution in [0.5, 0.6) is 0 Å². The summed E-state index contributed by atoms with van der Waals surface area (Å²) in [5.74, 6) is 0.0268. The first kappa shape index (κ1) is 16.8. The number of rotatable bonds is 3. The molecule has 3 rings (SSSR count). The first-order valence-corrected chi connectivity index (χ1v) is 8.56. The van der Waals surface area contributed by atoms with Crippen LogP contribution in [0.15, 0.2) is 30.3 Å². The summed E-state index contributed by atoms with van der Waals surface area (Å²) >= 11 is 0. The molecule has 0 radical (unpaired) electrons. The normalized spacial score (nSPS) is 20.0. The van der Waals surface area contributed by atoms with Crippen LogP contribution < -0.4 is 5.32 Å². The van der Waals surface area contributed by atoms with Crippen LogP contribution >= 0.6 is 0 Å². The second-order valence-electron chi connectivity index (χ2n) is 6.96. The fourth-order valence-corrected chi connectivity index (χ4v) is 3.27. The second kappa shape index (κ2) is 6.81. The van der Waals surface area contributed by atoms with Crippen LogP contribution in [0, 0.1) is 0 Å². The number of benzene rings is 1. The molecule has 3 amide bonds. The molecule has 0 saturated carbocycles. The van der Waals surface area contributed by atoms with Gasteiger partial charge in [0, 0.05) is 19.1 Å². The molecule has 2 saturated heterocycles. The highest BCUT2D eigenvalue weighted by Crippen LogP contribution is 2.37. The molecule has 6 nitrogen and oxygen atoms in total. The first-order chi connectivity index (χ1) is 11.5. The number of carbonyl (C=O) groups is 2. The predicted octanol–water partition coefficient (Wildman–Crippen LogP) is 2.30. The standard InChI is InChI=1S/C18H25N3O3/c1-14(2)19-17(23)20-10-8-18(9-11-20)12-16(22)21(24-18)13-15-6-4-3-5-7-15/h3-7,14H,8-13H2,1-2H3,(H,19,23). The Balaban J connectivity index is 1.57. The minimum absolute atomic E-state index is 0.0268. The average molecular weight is 331 g/mol. The zero-order valence-corrected chi connectivity index (χ0v) is 14.3. The highest BCUT2D eigenvalue weighted by molar-refractivity contribution is 5.78. The van der Waals surface area contributed by atoms with Gasteiger partial charge in [0.2, 0.25) is 5.91 Å². The average Bonchev–Trinajstić information content (AvgIpc) is 2.83. The lowest BCUT2D eigenvalue weighted by Gasteiger charge is -2.38. The van der Waals surface area contributed by atoms with Gasteiger partial charge in [-0.05, 0) is 32.3 Å². The Hall–Kier alpha value is -2.08. The van der Waals surface area contributed by atoms with Crippen molar-refractivity contribution in [2.24, 2.45) is 0 Å². The van der Waals surface area contributed by atoms with E-state index >= 15 is 0 Å². The quantitative estimate of drug-likeness (QED) is 0.924. The molecule has 2 aliphatic rings. The van der Waals surface area contributed by atoms with Gasteiger partial charge in [0.15, 0.2) is 0 Å². The largest absolute Gasteiger partial charge is 0.336 e. The van der Waals surface area contributed by atoms with E-state index in [9.17, 15) is 9.59 Å². The van der Waals surface area contributed by atoms with Crippen molar-refractivity contribution < 1.29 is 14.4 Å². The Morgan fingerprint density at radius 3 is 2.54 bits per heavy atom. The Morgan fingerprint density at radius 2 is 1.92 bits per heavy atom. The van der Waals surface area contributed by atoms with Crippen LogP contribution in [-0.4, -0.2) is 46.6 Å². The van der Waals surface area contributed by atoms with Gasteiger partial charge < -0.3 is 10.2 Å². The third-order valence-electron chi connectivity index (χ3n) is 4.60. The van der Waals surface area contributed by atoms with Gasteiger partial charge >= 0.3 is 6.03 Å². The van der Waals surface area contributed by atoms with Crippen molar-refractivity contribution in [3.05, 3.63) is 35.9 Å². The number of hydrogen-bond acceptors (Lipinski definition) is 3. The molecule has 2 aliphatic heterocycles. The molecular formula is C18H25N3O3. The zero-order valence-electron chi connectivity index (χ0n) is 14.3. The van der Waals surface area contributed by atoms with E-state index < -0.39 is 5.60 Å². The lowest BCUT2D eigenvalue weighted by atomic mass is 9.89. The van der Waals surface area contributed by atoms with E-state index in [1.807, 2.05) is 44.2 Å². The SMILES string of the molecule is CC(C)NC(=O)N1CCC2(CC1)CC(=O)N(Cc1ccccc1)O2. The highest BCUT2D eigenvalue weighted by Gasteiger charge is 2.47. The fourth-order valence-electron chi connectivity index (χ4n) is 3.27. The third-order valence-corrected chi connectivity index (χ3v) is 4.60. The van der Waals surface area contributed by atoms with Gasteiger partial charge in [0.05, 0.1) is 13.0 Å². The van der Waals surface area contributed by atoms with Crippen molar-refractivity contribution in [3.8, 4) is 0 Å². The van der Waals surface area contributed by atoms with Gasteiger partial charge in [-0.3, -0.25) is 9.63 Å². The number of nitrogens with zero attached hydrogens (tertiary/aromatic N) is 2. The lowest BCUT2D eigenvalue weighted by molar-refractivity contribution is -0.213. The summed E-state index contributed by atoms with van der Waals surface area (Å²) in [4.78, 5) is 32.2. The minimum Gasteiger partial charge on any atom is -0.336 e. The molecular weight excluding hydrogens is 306 g/mol. The summed E-state index contributed by atoms with van der Waals surface area (Å²) in [7, 11) is 0. The van der Waals surface area contributed by atoms with E-state index in [-0.39, 0.29) is 18.0 Å². The molecule has 2 fully saturated rings. The van der Waals surface area contributed by atoms with Crippen molar-refractivity contribution in [2.75, 3.05) is 13.1 Å². The van der Waals surface area contributed by atoms with E-state index in [4.69, 9.17) is 4.84 Å². The van der Waals surface area contributed by atoms with Gasteiger partial charge in [-0.25, -0.2) is 9.86 Å². The number of urea groups is 1. The topological polar surface area (TPSA) is 61.9 Å². The molecule has 130 valence electrons. The Labute approximate surface area is 142 Å². The van der Waals surface area contributed by atoms with Gasteiger partial charge in [-0.2, -0.15) is 0 Å². The molecule has 1 spiro atoms. The van der Waals surface area contributed by atoms with Gasteiger partial charge in [-0.15, -0.1) is 0 Å². The predicted molar refractivity (Wildman–Crippen MR) is 89.9 cm³/mol. The van der Waals surface area contributed by atoms with Gasteiger partial charge in [0.25, 0.3) is 0 Å². The van der Waals surface area contributed by atoms with Gasteiger partial charge in [0.1, 0.15) is 5.60 Å². The maximum absolute atomic E-state index is 12.3. The number of likely N-dealkylation sites (tertiary alicyclic amines) is 1. The summed E-state index contributed by atoms with van der Waals surface area (Å²) in [5.41, 5.74) is 0.608. The molecule has 1 aromatic rings. The van der Waals surface area contributed by atoms with E-state index in [0.29, 0.717) is 38.9 Å². The number of carbonyl (C=O) groups excluding carboxylic acids is 2. The van der Waals surface area contributed by atoms with E-state index in [0.717, 1.165) is 5.56 Å². The van der Waals surface area contributed by atoms with Crippen molar-refractivity contribution in [1.82, 2.24) is 15.3 Å². The Morgan fingerprint density at radius 1 is 1.25 bits per heavy atom. The van der Waals surface area contributed by atoms with Crippen LogP contribution in [0.2, 0.25) is 0 Å². The van der Waals surface area contributed by atoms with Crippen LogP contribution in [-0.2, 0) is 16.2 Å². The Kier molecular flexibility index (Phi) is 4.76. The lowest BCUT2D eigenvalue weighted by Crippen LogP contribution is -2.51. The van der Waals surface area contributed by atoms with Crippen molar-refractivity contribution in [2.45, 2.75) is 51.3 Å². The van der Waals surface area contributed by atoms with Crippen molar-refractivity contribution in [1.29, 1.82) is 0 Å². The molecule has 0 aliphatic carbocycles. The zero-order chi connectivity index (χ0) is 17.2. The molecule has 0 aromatic heterocycles. The molecule has 6 heteroatoms. The number of piperidine rings is 1. The summed E-state index contributed by atoms with van der Waals surface area (Å²) in [6, 6.07) is 9.93. The van der Waals surface area contributed by atoms with Crippen LogP contribution in [0.4, 0.5) is 4.79 Å². The first-order valence-electron chi connectivity index (χ1n) is 8.56. The van der Waals surface area contributed by atoms with Crippen molar-refractivity contribution in [3.63, 3.8) is 0 Å².